The van der Waals surface area contributed by atoms with E-state index in [1.165, 1.54) is 6.26 Å². The van der Waals surface area contributed by atoms with Crippen molar-refractivity contribution in [3.05, 3.63) is 60.2 Å². The van der Waals surface area contributed by atoms with Gasteiger partial charge in [-0.2, -0.15) is 0 Å². The molecule has 3 saturated heterocycles. The maximum Gasteiger partial charge on any atom is 0.278 e. The van der Waals surface area contributed by atoms with Crippen molar-refractivity contribution in [2.75, 3.05) is 95.4 Å². The predicted octanol–water partition coefficient (Wildman–Crippen LogP) is -0.386. The van der Waals surface area contributed by atoms with Gasteiger partial charge in [-0.1, -0.05) is 12.1 Å². The summed E-state index contributed by atoms with van der Waals surface area (Å²) in [4.78, 5) is 48.6. The number of nitrogens with zero attached hydrogens (tertiary/aromatic N) is 6. The van der Waals surface area contributed by atoms with Crippen molar-refractivity contribution in [2.45, 2.75) is 19.1 Å². The van der Waals surface area contributed by atoms with E-state index in [4.69, 9.17) is 9.97 Å². The number of pyridine rings is 2. The maximum absolute atomic E-state index is 15.6. The van der Waals surface area contributed by atoms with E-state index in [2.05, 4.69) is 30.7 Å². The first-order valence-electron chi connectivity index (χ1n) is 16.2. The Morgan fingerprint density at radius 3 is 1.85 bits per heavy atom. The topological polar surface area (TPSA) is 143 Å². The molecule has 0 bridgehead atoms. The number of hydrogen-bond acceptors (Lipinski definition) is 12. The molecule has 6 rings (SSSR count). The molecule has 0 spiro atoms. The maximum atomic E-state index is 15.6. The van der Waals surface area contributed by atoms with E-state index >= 15 is 9.59 Å². The standard InChI is InChI=1S/C32H45N9O4S/c1-25(42)31(9-24-46(2,44)45)28(26-7-3-5-10-36-26)29(38-18-12-33-13-19-38)30(43)41(27-8-4-6-11-37-27)32(31,39-20-14-34-15-21-39)40-22-16-35-17-23-40/h3-8,10-11,33-35H,9,12-24H2,1-2H3. The van der Waals surface area contributed by atoms with E-state index in [1.807, 2.05) is 36.4 Å². The van der Waals surface area contributed by atoms with Crippen molar-refractivity contribution in [3.8, 4) is 0 Å². The minimum Gasteiger partial charge on any atom is -0.364 e. The van der Waals surface area contributed by atoms with Crippen molar-refractivity contribution in [2.24, 2.45) is 5.41 Å². The third-order valence-corrected chi connectivity index (χ3v) is 10.7. The molecule has 248 valence electrons. The van der Waals surface area contributed by atoms with Gasteiger partial charge in [-0.15, -0.1) is 0 Å². The van der Waals surface area contributed by atoms with Crippen LogP contribution in [0.4, 0.5) is 5.82 Å². The molecule has 4 aliphatic rings. The van der Waals surface area contributed by atoms with Gasteiger partial charge < -0.3 is 20.9 Å². The van der Waals surface area contributed by atoms with Crippen molar-refractivity contribution in [1.29, 1.82) is 0 Å². The minimum atomic E-state index is -3.55. The van der Waals surface area contributed by atoms with E-state index in [-0.39, 0.29) is 23.9 Å². The van der Waals surface area contributed by atoms with Crippen LogP contribution < -0.4 is 20.9 Å². The molecule has 0 radical (unpaired) electrons. The average molecular weight is 652 g/mol. The first-order valence-corrected chi connectivity index (χ1v) is 18.3. The van der Waals surface area contributed by atoms with E-state index in [1.54, 1.807) is 24.2 Å². The van der Waals surface area contributed by atoms with Gasteiger partial charge >= 0.3 is 0 Å². The van der Waals surface area contributed by atoms with Crippen molar-refractivity contribution in [3.63, 3.8) is 0 Å². The summed E-state index contributed by atoms with van der Waals surface area (Å²) in [6.45, 7) is 8.68. The lowest BCUT2D eigenvalue weighted by molar-refractivity contribution is -0.167. The molecule has 3 N–H and O–H groups in total. The number of piperazine rings is 3. The highest BCUT2D eigenvalue weighted by atomic mass is 32.2. The molecular formula is C32H45N9O4S. The molecule has 0 saturated carbocycles. The fourth-order valence-electron chi connectivity index (χ4n) is 7.89. The molecule has 1 atom stereocenters. The molecule has 1 unspecified atom stereocenters. The minimum absolute atomic E-state index is 0.0346. The largest absolute Gasteiger partial charge is 0.364 e. The zero-order valence-corrected chi connectivity index (χ0v) is 27.6. The second-order valence-corrected chi connectivity index (χ2v) is 14.7. The number of sulfone groups is 1. The smallest absolute Gasteiger partial charge is 0.278 e. The zero-order valence-electron chi connectivity index (χ0n) is 26.7. The van der Waals surface area contributed by atoms with Crippen LogP contribution in [0.2, 0.25) is 0 Å². The monoisotopic (exact) mass is 651 g/mol. The molecule has 3 fully saturated rings. The Labute approximate surface area is 271 Å². The number of aromatic nitrogens is 2. The third kappa shape index (κ3) is 5.64. The number of hydrogen-bond donors (Lipinski definition) is 3. The summed E-state index contributed by atoms with van der Waals surface area (Å²) in [7, 11) is -3.55. The van der Waals surface area contributed by atoms with Crippen LogP contribution in [0.1, 0.15) is 19.0 Å². The Morgan fingerprint density at radius 1 is 0.826 bits per heavy atom. The van der Waals surface area contributed by atoms with Gasteiger partial charge in [-0.3, -0.25) is 29.3 Å². The van der Waals surface area contributed by atoms with Gasteiger partial charge in [0.1, 0.15) is 32.6 Å². The van der Waals surface area contributed by atoms with Crippen LogP contribution in [0.3, 0.4) is 0 Å². The number of nitrogens with one attached hydrogen (secondary N) is 3. The van der Waals surface area contributed by atoms with E-state index < -0.39 is 21.0 Å². The molecular weight excluding hydrogens is 606 g/mol. The summed E-state index contributed by atoms with van der Waals surface area (Å²) in [6.07, 6.45) is 4.51. The lowest BCUT2D eigenvalue weighted by atomic mass is 9.62. The fraction of sp³-hybridized carbons (Fsp3) is 0.562. The van der Waals surface area contributed by atoms with Gasteiger partial charge in [0, 0.05) is 103 Å². The Hall–Kier alpha value is -3.27. The third-order valence-electron chi connectivity index (χ3n) is 9.75. The van der Waals surface area contributed by atoms with Crippen LogP contribution in [-0.4, -0.2) is 141 Å². The first kappa shape index (κ1) is 32.7. The van der Waals surface area contributed by atoms with Crippen molar-refractivity contribution in [1.82, 2.24) is 40.6 Å². The fourth-order valence-corrected chi connectivity index (χ4v) is 8.57. The van der Waals surface area contributed by atoms with Gasteiger partial charge in [0.15, 0.2) is 5.79 Å². The van der Waals surface area contributed by atoms with Crippen molar-refractivity contribution < 1.29 is 18.0 Å². The molecule has 2 aromatic heterocycles. The molecule has 46 heavy (non-hydrogen) atoms. The summed E-state index contributed by atoms with van der Waals surface area (Å²) in [5.74, 6) is -1.74. The number of rotatable bonds is 9. The first-order chi connectivity index (χ1) is 22.2. The average Bonchev–Trinajstić information content (AvgIpc) is 3.08. The molecule has 0 aliphatic carbocycles. The molecule has 14 heteroatoms. The Bertz CT molecular complexity index is 1520. The van der Waals surface area contributed by atoms with Crippen LogP contribution in [0.5, 0.6) is 0 Å². The van der Waals surface area contributed by atoms with Crippen LogP contribution in [0.15, 0.2) is 54.5 Å². The van der Waals surface area contributed by atoms with E-state index in [0.717, 1.165) is 0 Å². The Morgan fingerprint density at radius 2 is 1.37 bits per heavy atom. The molecule has 4 aliphatic heterocycles. The van der Waals surface area contributed by atoms with Gasteiger partial charge in [0.05, 0.1) is 11.4 Å². The summed E-state index contributed by atoms with van der Waals surface area (Å²) in [5.41, 5.74) is -0.149. The normalized spacial score (nSPS) is 25.1. The van der Waals surface area contributed by atoms with Crippen LogP contribution in [-0.2, 0) is 19.4 Å². The lowest BCUT2D eigenvalue weighted by Crippen LogP contribution is -2.85. The number of ketones is 1. The summed E-state index contributed by atoms with van der Waals surface area (Å²) in [6, 6.07) is 11.0. The molecule has 13 nitrogen and oxygen atoms in total. The van der Waals surface area contributed by atoms with Gasteiger partial charge in [0.25, 0.3) is 5.91 Å². The van der Waals surface area contributed by atoms with Gasteiger partial charge in [0.2, 0.25) is 0 Å². The van der Waals surface area contributed by atoms with Crippen LogP contribution in [0.25, 0.3) is 5.57 Å². The highest BCUT2D eigenvalue weighted by Crippen LogP contribution is 2.59. The van der Waals surface area contributed by atoms with Gasteiger partial charge in [-0.05, 0) is 37.6 Å². The zero-order chi connectivity index (χ0) is 32.4. The number of Topliss-reactive ketones (excluding diaryl/α,β-unsaturated/α-hetero) is 1. The van der Waals surface area contributed by atoms with E-state index in [0.29, 0.717) is 101 Å². The molecule has 0 aromatic carbocycles. The van der Waals surface area contributed by atoms with Crippen LogP contribution >= 0.6 is 0 Å². The summed E-state index contributed by atoms with van der Waals surface area (Å²) >= 11 is 0. The number of carbonyl (C=O) groups is 2. The highest BCUT2D eigenvalue weighted by molar-refractivity contribution is 7.90. The van der Waals surface area contributed by atoms with Crippen molar-refractivity contribution >= 4 is 32.9 Å². The van der Waals surface area contributed by atoms with Crippen LogP contribution in [0, 0.1) is 5.41 Å². The number of amides is 1. The molecule has 1 amide bonds. The Balaban J connectivity index is 1.81. The molecule has 6 heterocycles. The highest BCUT2D eigenvalue weighted by Gasteiger charge is 2.71. The Kier molecular flexibility index (Phi) is 9.55. The number of carbonyl (C=O) groups excluding carboxylic acids is 2. The SMILES string of the molecule is CC(=O)C1(CCS(C)(=O)=O)C(c2ccccn2)=C(N2CCNCC2)C(=O)N(c2ccccn2)C1(N1CCNCC1)N1CCNCC1. The number of anilines is 1. The second kappa shape index (κ2) is 13.5. The predicted molar refractivity (Wildman–Crippen MR) is 176 cm³/mol. The van der Waals surface area contributed by atoms with Gasteiger partial charge in [-0.25, -0.2) is 13.4 Å². The summed E-state index contributed by atoms with van der Waals surface area (Å²) in [5, 5.41) is 10.3. The summed E-state index contributed by atoms with van der Waals surface area (Å²) < 4.78 is 26.3. The molecule has 2 aromatic rings. The quantitative estimate of drug-likeness (QED) is 0.325. The second-order valence-electron chi connectivity index (χ2n) is 12.5. The van der Waals surface area contributed by atoms with E-state index in [9.17, 15) is 8.42 Å². The lowest BCUT2D eigenvalue weighted by Gasteiger charge is -2.67.